The number of allylic oxidation sites excluding steroid dienone is 3. The molecule has 0 saturated carbocycles. The maximum Gasteiger partial charge on any atom is 0.311 e. The van der Waals surface area contributed by atoms with Crippen LogP contribution in [0.5, 0.6) is 0 Å². The van der Waals surface area contributed by atoms with E-state index in [0.29, 0.717) is 5.92 Å². The highest BCUT2D eigenvalue weighted by molar-refractivity contribution is 5.76. The van der Waals surface area contributed by atoms with E-state index in [9.17, 15) is 4.79 Å². The summed E-state index contributed by atoms with van der Waals surface area (Å²) in [5.74, 6) is 0.450. The molecule has 0 spiro atoms. The molecule has 3 atom stereocenters. The number of hydrogen-bond acceptors (Lipinski definition) is 3. The largest absolute Gasteiger partial charge is 0.458 e. The SMILES string of the molecule is C/C1=C/[C@@H]2OC(=O)[C@H](CN3CCCCC3)[C@@H]2CC/C=C(\C)CC1. The maximum atomic E-state index is 12.5. The van der Waals surface area contributed by atoms with Gasteiger partial charge in [-0.2, -0.15) is 0 Å². The Morgan fingerprint density at radius 1 is 1.13 bits per heavy atom. The molecule has 2 heterocycles. The summed E-state index contributed by atoms with van der Waals surface area (Å²) in [7, 11) is 0. The number of carbonyl (C=O) groups excluding carboxylic acids is 1. The van der Waals surface area contributed by atoms with Gasteiger partial charge in [-0.15, -0.1) is 0 Å². The molecule has 0 bridgehead atoms. The summed E-state index contributed by atoms with van der Waals surface area (Å²) in [6.45, 7) is 7.60. The Labute approximate surface area is 140 Å². The quantitative estimate of drug-likeness (QED) is 0.567. The summed E-state index contributed by atoms with van der Waals surface area (Å²) < 4.78 is 5.79. The van der Waals surface area contributed by atoms with Crippen LogP contribution in [-0.4, -0.2) is 36.6 Å². The van der Waals surface area contributed by atoms with Crippen molar-refractivity contribution < 1.29 is 9.53 Å². The topological polar surface area (TPSA) is 29.5 Å². The standard InChI is InChI=1S/C20H31NO2/c1-15-7-6-8-17-18(14-21-11-4-3-5-12-21)20(22)23-19(17)13-16(2)10-9-15/h7,13,17-19H,3-6,8-12,14H2,1-2H3/b15-7+,16-13-/t17-,18+,19-/m0/s1. The van der Waals surface area contributed by atoms with Crippen molar-refractivity contribution in [2.75, 3.05) is 19.6 Å². The average Bonchev–Trinajstić information content (AvgIpc) is 2.82. The number of carbonyl (C=O) groups is 1. The summed E-state index contributed by atoms with van der Waals surface area (Å²) in [5, 5.41) is 0. The van der Waals surface area contributed by atoms with Crippen molar-refractivity contribution in [3.63, 3.8) is 0 Å². The minimum Gasteiger partial charge on any atom is -0.458 e. The molecule has 0 N–H and O–H groups in total. The Morgan fingerprint density at radius 2 is 1.87 bits per heavy atom. The van der Waals surface area contributed by atoms with Crippen molar-refractivity contribution in [3.05, 3.63) is 23.3 Å². The number of likely N-dealkylation sites (tertiary alicyclic amines) is 1. The van der Waals surface area contributed by atoms with E-state index in [2.05, 4.69) is 30.9 Å². The third-order valence-corrected chi connectivity index (χ3v) is 5.75. The predicted molar refractivity (Wildman–Crippen MR) is 93.1 cm³/mol. The molecule has 0 unspecified atom stereocenters. The van der Waals surface area contributed by atoms with E-state index in [1.807, 2.05) is 0 Å². The summed E-state index contributed by atoms with van der Waals surface area (Å²) in [5.41, 5.74) is 2.84. The van der Waals surface area contributed by atoms with Gasteiger partial charge in [0.25, 0.3) is 0 Å². The average molecular weight is 317 g/mol. The normalized spacial score (nSPS) is 38.0. The van der Waals surface area contributed by atoms with E-state index in [4.69, 9.17) is 4.74 Å². The van der Waals surface area contributed by atoms with Gasteiger partial charge in [-0.1, -0.05) is 23.6 Å². The monoisotopic (exact) mass is 317 g/mol. The number of hydrogen-bond donors (Lipinski definition) is 0. The van der Waals surface area contributed by atoms with Crippen LogP contribution in [0.2, 0.25) is 0 Å². The van der Waals surface area contributed by atoms with Crippen molar-refractivity contribution in [3.8, 4) is 0 Å². The molecule has 3 rings (SSSR count). The molecule has 0 amide bonds. The fourth-order valence-electron chi connectivity index (χ4n) is 4.25. The van der Waals surface area contributed by atoms with Gasteiger partial charge in [-0.25, -0.2) is 0 Å². The first-order valence-corrected chi connectivity index (χ1v) is 9.39. The lowest BCUT2D eigenvalue weighted by Crippen LogP contribution is -2.38. The van der Waals surface area contributed by atoms with Crippen LogP contribution in [0.1, 0.15) is 58.8 Å². The van der Waals surface area contributed by atoms with Gasteiger partial charge in [-0.3, -0.25) is 4.79 Å². The van der Waals surface area contributed by atoms with Crippen LogP contribution in [0.25, 0.3) is 0 Å². The highest BCUT2D eigenvalue weighted by atomic mass is 16.6. The predicted octanol–water partition coefficient (Wildman–Crippen LogP) is 4.10. The lowest BCUT2D eigenvalue weighted by Gasteiger charge is -2.30. The highest BCUT2D eigenvalue weighted by Crippen LogP contribution is 2.36. The lowest BCUT2D eigenvalue weighted by atomic mass is 9.84. The molecule has 23 heavy (non-hydrogen) atoms. The zero-order valence-electron chi connectivity index (χ0n) is 14.7. The number of fused-ring (bicyclic) bond motifs is 1. The maximum absolute atomic E-state index is 12.5. The van der Waals surface area contributed by atoms with Gasteiger partial charge < -0.3 is 9.64 Å². The first kappa shape index (κ1) is 16.8. The Hall–Kier alpha value is -1.09. The first-order valence-electron chi connectivity index (χ1n) is 9.39. The van der Waals surface area contributed by atoms with Crippen molar-refractivity contribution in [1.82, 2.24) is 4.90 Å². The van der Waals surface area contributed by atoms with Crippen LogP contribution in [-0.2, 0) is 9.53 Å². The second kappa shape index (κ2) is 7.65. The number of piperidine rings is 1. The summed E-state index contributed by atoms with van der Waals surface area (Å²) in [4.78, 5) is 15.0. The Morgan fingerprint density at radius 3 is 2.65 bits per heavy atom. The Kier molecular flexibility index (Phi) is 5.58. The van der Waals surface area contributed by atoms with Crippen molar-refractivity contribution in [2.24, 2.45) is 11.8 Å². The third-order valence-electron chi connectivity index (χ3n) is 5.75. The first-order chi connectivity index (χ1) is 11.1. The van der Waals surface area contributed by atoms with Crippen LogP contribution in [0.3, 0.4) is 0 Å². The van der Waals surface area contributed by atoms with Gasteiger partial charge in [0.1, 0.15) is 6.10 Å². The van der Waals surface area contributed by atoms with Gasteiger partial charge in [0, 0.05) is 12.5 Å². The number of nitrogens with zero attached hydrogens (tertiary/aromatic N) is 1. The van der Waals surface area contributed by atoms with Crippen molar-refractivity contribution >= 4 is 5.97 Å². The molecule has 2 saturated heterocycles. The van der Waals surface area contributed by atoms with E-state index < -0.39 is 0 Å². The van der Waals surface area contributed by atoms with Crippen LogP contribution >= 0.6 is 0 Å². The molecular weight excluding hydrogens is 286 g/mol. The summed E-state index contributed by atoms with van der Waals surface area (Å²) >= 11 is 0. The van der Waals surface area contributed by atoms with Gasteiger partial charge in [0.2, 0.25) is 0 Å². The molecule has 3 nitrogen and oxygen atoms in total. The summed E-state index contributed by atoms with van der Waals surface area (Å²) in [6, 6.07) is 0. The molecule has 3 aliphatic rings. The molecule has 0 aromatic heterocycles. The van der Waals surface area contributed by atoms with E-state index in [1.54, 1.807) is 0 Å². The highest BCUT2D eigenvalue weighted by Gasteiger charge is 2.43. The van der Waals surface area contributed by atoms with Gasteiger partial charge >= 0.3 is 5.97 Å². The number of rotatable bonds is 2. The van der Waals surface area contributed by atoms with Crippen molar-refractivity contribution in [2.45, 2.75) is 64.9 Å². The van der Waals surface area contributed by atoms with Crippen LogP contribution in [0, 0.1) is 11.8 Å². The lowest BCUT2D eigenvalue weighted by molar-refractivity contribution is -0.143. The molecule has 128 valence electrons. The van der Waals surface area contributed by atoms with Crippen LogP contribution in [0.15, 0.2) is 23.3 Å². The van der Waals surface area contributed by atoms with Crippen LogP contribution < -0.4 is 0 Å². The second-order valence-electron chi connectivity index (χ2n) is 7.67. The molecular formula is C20H31NO2. The molecule has 0 radical (unpaired) electrons. The molecule has 2 fully saturated rings. The minimum atomic E-state index is 0.00379. The van der Waals surface area contributed by atoms with Crippen LogP contribution in [0.4, 0.5) is 0 Å². The fraction of sp³-hybridized carbons (Fsp3) is 0.750. The zero-order valence-corrected chi connectivity index (χ0v) is 14.7. The number of esters is 1. The molecule has 2 aliphatic heterocycles. The van der Waals surface area contributed by atoms with Crippen molar-refractivity contribution in [1.29, 1.82) is 0 Å². The van der Waals surface area contributed by atoms with E-state index in [-0.39, 0.29) is 18.0 Å². The fourth-order valence-corrected chi connectivity index (χ4v) is 4.25. The minimum absolute atomic E-state index is 0.00379. The Bertz CT molecular complexity index is 488. The third kappa shape index (κ3) is 4.26. The van der Waals surface area contributed by atoms with Gasteiger partial charge in [-0.05, 0) is 71.5 Å². The smallest absolute Gasteiger partial charge is 0.311 e. The second-order valence-corrected chi connectivity index (χ2v) is 7.67. The van der Waals surface area contributed by atoms with Gasteiger partial charge in [0.05, 0.1) is 5.92 Å². The molecule has 3 heteroatoms. The van der Waals surface area contributed by atoms with E-state index in [0.717, 1.165) is 45.3 Å². The molecule has 0 aromatic rings. The molecule has 0 aromatic carbocycles. The Balaban J connectivity index is 1.73. The number of ether oxygens (including phenoxy) is 1. The van der Waals surface area contributed by atoms with Gasteiger partial charge in [0.15, 0.2) is 0 Å². The summed E-state index contributed by atoms with van der Waals surface area (Å²) in [6.07, 6.45) is 12.8. The van der Waals surface area contributed by atoms with E-state index >= 15 is 0 Å². The van der Waals surface area contributed by atoms with E-state index in [1.165, 1.54) is 30.4 Å². The zero-order chi connectivity index (χ0) is 16.2. The molecule has 1 aliphatic carbocycles.